The maximum absolute atomic E-state index is 12.3. The van der Waals surface area contributed by atoms with Gasteiger partial charge in [0, 0.05) is 11.7 Å². The Hall–Kier alpha value is -2.40. The molecule has 0 fully saturated rings. The number of phenolic OH excluding ortho intramolecular Hbond substituents is 1. The van der Waals surface area contributed by atoms with Crippen molar-refractivity contribution in [1.82, 2.24) is 0 Å². The van der Waals surface area contributed by atoms with Gasteiger partial charge in [0.05, 0.1) is 18.3 Å². The molecular weight excluding hydrogens is 312 g/mol. The molecule has 4 nitrogen and oxygen atoms in total. The molecule has 3 rings (SSSR count). The molecule has 0 amide bonds. The summed E-state index contributed by atoms with van der Waals surface area (Å²) in [7, 11) is 0. The Bertz CT molecular complexity index is 730. The minimum atomic E-state index is -0.0432. The van der Waals surface area contributed by atoms with Crippen LogP contribution in [0.5, 0.6) is 5.75 Å². The van der Waals surface area contributed by atoms with Gasteiger partial charge in [-0.1, -0.05) is 12.1 Å². The molecule has 0 aliphatic heterocycles. The number of ketones is 1. The van der Waals surface area contributed by atoms with E-state index in [0.29, 0.717) is 17.9 Å². The van der Waals surface area contributed by atoms with Crippen LogP contribution < -0.4 is 0 Å². The van der Waals surface area contributed by atoms with Crippen molar-refractivity contribution < 1.29 is 18.7 Å². The number of carbonyl (C=O) groups excluding carboxylic acids is 1. The van der Waals surface area contributed by atoms with Crippen LogP contribution in [0.3, 0.4) is 0 Å². The lowest BCUT2D eigenvalue weighted by molar-refractivity contribution is 0.0955. The highest BCUT2D eigenvalue weighted by atomic mass is 32.2. The van der Waals surface area contributed by atoms with E-state index in [-0.39, 0.29) is 16.8 Å². The Kier molecular flexibility index (Phi) is 4.88. The summed E-state index contributed by atoms with van der Waals surface area (Å²) >= 11 is 1.63. The van der Waals surface area contributed by atoms with Crippen LogP contribution in [0.15, 0.2) is 69.9 Å². The highest BCUT2D eigenvalue weighted by Crippen LogP contribution is 2.36. The summed E-state index contributed by atoms with van der Waals surface area (Å²) in [5, 5.41) is 9.40. The van der Waals surface area contributed by atoms with Crippen LogP contribution in [-0.2, 0) is 5.75 Å². The SMILES string of the molecule is O=C(C[C@@H](SCc1ccco1)c1ccc(O)cc1)c1ccco1. The third kappa shape index (κ3) is 4.07. The van der Waals surface area contributed by atoms with Gasteiger partial charge in [-0.2, -0.15) is 0 Å². The lowest BCUT2D eigenvalue weighted by Crippen LogP contribution is -2.05. The van der Waals surface area contributed by atoms with Crippen molar-refractivity contribution in [3.8, 4) is 5.75 Å². The van der Waals surface area contributed by atoms with Gasteiger partial charge in [0.1, 0.15) is 11.5 Å². The van der Waals surface area contributed by atoms with Gasteiger partial charge < -0.3 is 13.9 Å². The summed E-state index contributed by atoms with van der Waals surface area (Å²) in [6.45, 7) is 0. The van der Waals surface area contributed by atoms with Gasteiger partial charge in [0.15, 0.2) is 11.5 Å². The van der Waals surface area contributed by atoms with Crippen LogP contribution in [0.2, 0.25) is 0 Å². The second-order valence-electron chi connectivity index (χ2n) is 5.08. The van der Waals surface area contributed by atoms with Gasteiger partial charge in [-0.15, -0.1) is 11.8 Å². The van der Waals surface area contributed by atoms with Crippen molar-refractivity contribution in [3.63, 3.8) is 0 Å². The second kappa shape index (κ2) is 7.24. The smallest absolute Gasteiger partial charge is 0.199 e. The first-order chi connectivity index (χ1) is 11.2. The van der Waals surface area contributed by atoms with E-state index in [1.54, 1.807) is 42.3 Å². The van der Waals surface area contributed by atoms with Gasteiger partial charge in [-0.05, 0) is 42.0 Å². The molecule has 2 heterocycles. The van der Waals surface area contributed by atoms with Crippen molar-refractivity contribution in [2.75, 3.05) is 0 Å². The maximum Gasteiger partial charge on any atom is 0.199 e. The topological polar surface area (TPSA) is 63.6 Å². The standard InChI is InChI=1S/C18H16O4S/c19-14-7-5-13(6-8-14)18(23-12-15-3-1-9-21-15)11-16(20)17-4-2-10-22-17/h1-10,18-19H,11-12H2/t18-/m1/s1. The molecular formula is C18H16O4S. The number of furan rings is 2. The molecule has 0 radical (unpaired) electrons. The fraction of sp³-hybridized carbons (Fsp3) is 0.167. The van der Waals surface area contributed by atoms with Crippen molar-refractivity contribution in [2.45, 2.75) is 17.4 Å². The number of aromatic hydroxyl groups is 1. The van der Waals surface area contributed by atoms with Gasteiger partial charge in [-0.3, -0.25) is 4.79 Å². The Morgan fingerprint density at radius 3 is 2.43 bits per heavy atom. The van der Waals surface area contributed by atoms with Gasteiger partial charge in [0.2, 0.25) is 0 Å². The van der Waals surface area contributed by atoms with Crippen LogP contribution in [0.25, 0.3) is 0 Å². The fourth-order valence-electron chi connectivity index (χ4n) is 2.25. The molecule has 1 aromatic carbocycles. The molecule has 0 unspecified atom stereocenters. The minimum absolute atomic E-state index is 0.0416. The summed E-state index contributed by atoms with van der Waals surface area (Å²) in [5.41, 5.74) is 0.985. The summed E-state index contributed by atoms with van der Waals surface area (Å²) in [6.07, 6.45) is 3.46. The average molecular weight is 328 g/mol. The third-order valence-electron chi connectivity index (χ3n) is 3.44. The summed E-state index contributed by atoms with van der Waals surface area (Å²) in [5.74, 6) is 2.07. The van der Waals surface area contributed by atoms with E-state index in [1.165, 1.54) is 6.26 Å². The largest absolute Gasteiger partial charge is 0.508 e. The summed E-state index contributed by atoms with van der Waals surface area (Å²) < 4.78 is 10.5. The first-order valence-electron chi connectivity index (χ1n) is 7.22. The average Bonchev–Trinajstić information content (AvgIpc) is 3.25. The van der Waals surface area contributed by atoms with Crippen LogP contribution in [0.4, 0.5) is 0 Å². The van der Waals surface area contributed by atoms with E-state index < -0.39 is 0 Å². The van der Waals surface area contributed by atoms with Crippen LogP contribution >= 0.6 is 11.8 Å². The Morgan fingerprint density at radius 2 is 1.78 bits per heavy atom. The number of rotatable bonds is 7. The van der Waals surface area contributed by atoms with E-state index in [2.05, 4.69) is 0 Å². The number of benzene rings is 1. The molecule has 0 aliphatic carbocycles. The van der Waals surface area contributed by atoms with Gasteiger partial charge in [-0.25, -0.2) is 0 Å². The molecule has 0 saturated carbocycles. The summed E-state index contributed by atoms with van der Waals surface area (Å²) in [6, 6.07) is 14.1. The molecule has 118 valence electrons. The predicted octanol–water partition coefficient (Wildman–Crippen LogP) is 4.83. The number of hydrogen-bond acceptors (Lipinski definition) is 5. The van der Waals surface area contributed by atoms with E-state index in [0.717, 1.165) is 11.3 Å². The highest BCUT2D eigenvalue weighted by molar-refractivity contribution is 7.98. The molecule has 0 saturated heterocycles. The third-order valence-corrected chi connectivity index (χ3v) is 4.73. The Balaban J connectivity index is 1.74. The molecule has 23 heavy (non-hydrogen) atoms. The van der Waals surface area contributed by atoms with Gasteiger partial charge in [0.25, 0.3) is 0 Å². The molecule has 0 aliphatic rings. The van der Waals surface area contributed by atoms with Crippen molar-refractivity contribution in [1.29, 1.82) is 0 Å². The predicted molar refractivity (Wildman–Crippen MR) is 88.5 cm³/mol. The lowest BCUT2D eigenvalue weighted by Gasteiger charge is -2.15. The van der Waals surface area contributed by atoms with Crippen molar-refractivity contribution in [3.05, 3.63) is 78.1 Å². The van der Waals surface area contributed by atoms with E-state index >= 15 is 0 Å². The molecule has 5 heteroatoms. The number of phenols is 1. The molecule has 3 aromatic rings. The Morgan fingerprint density at radius 1 is 1.04 bits per heavy atom. The number of thioether (sulfide) groups is 1. The zero-order valence-electron chi connectivity index (χ0n) is 12.3. The van der Waals surface area contributed by atoms with E-state index in [1.807, 2.05) is 24.3 Å². The first kappa shape index (κ1) is 15.5. The van der Waals surface area contributed by atoms with Crippen LogP contribution in [0, 0.1) is 0 Å². The highest BCUT2D eigenvalue weighted by Gasteiger charge is 2.20. The van der Waals surface area contributed by atoms with Crippen molar-refractivity contribution in [2.24, 2.45) is 0 Å². The zero-order chi connectivity index (χ0) is 16.1. The van der Waals surface area contributed by atoms with E-state index in [4.69, 9.17) is 8.83 Å². The van der Waals surface area contributed by atoms with Crippen LogP contribution in [0.1, 0.15) is 33.5 Å². The minimum Gasteiger partial charge on any atom is -0.508 e. The van der Waals surface area contributed by atoms with Gasteiger partial charge >= 0.3 is 0 Å². The Labute approximate surface area is 138 Å². The molecule has 0 spiro atoms. The first-order valence-corrected chi connectivity index (χ1v) is 8.27. The maximum atomic E-state index is 12.3. The molecule has 0 bridgehead atoms. The summed E-state index contributed by atoms with van der Waals surface area (Å²) in [4.78, 5) is 12.3. The molecule has 1 N–H and O–H groups in total. The number of Topliss-reactive ketones (excluding diaryl/α,β-unsaturated/α-hetero) is 1. The fourth-order valence-corrected chi connectivity index (χ4v) is 3.39. The monoisotopic (exact) mass is 328 g/mol. The second-order valence-corrected chi connectivity index (χ2v) is 6.27. The zero-order valence-corrected chi connectivity index (χ0v) is 13.2. The lowest BCUT2D eigenvalue weighted by atomic mass is 10.1. The quantitative estimate of drug-likeness (QED) is 0.630. The normalized spacial score (nSPS) is 12.2. The van der Waals surface area contributed by atoms with E-state index in [9.17, 15) is 9.90 Å². The number of hydrogen-bond donors (Lipinski definition) is 1. The molecule has 1 atom stereocenters. The van der Waals surface area contributed by atoms with Crippen LogP contribution in [-0.4, -0.2) is 10.9 Å². The molecule has 2 aromatic heterocycles. The number of carbonyl (C=O) groups is 1. The van der Waals surface area contributed by atoms with Crippen molar-refractivity contribution >= 4 is 17.5 Å².